The molecule has 0 radical (unpaired) electrons. The zero-order chi connectivity index (χ0) is 15.9. The Labute approximate surface area is 138 Å². The summed E-state index contributed by atoms with van der Waals surface area (Å²) in [6, 6.07) is 17.1. The third-order valence-electron chi connectivity index (χ3n) is 4.39. The zero-order valence-electron chi connectivity index (χ0n) is 13.1. The summed E-state index contributed by atoms with van der Waals surface area (Å²) in [6.07, 6.45) is 0. The van der Waals surface area contributed by atoms with Crippen LogP contribution in [0.1, 0.15) is 0 Å². The molecule has 120 valence electrons. The first kappa shape index (κ1) is 13.4. The topological polar surface area (TPSA) is 58.5 Å². The van der Waals surface area contributed by atoms with Gasteiger partial charge in [-0.15, -0.1) is 0 Å². The number of rotatable bonds is 2. The van der Waals surface area contributed by atoms with Crippen molar-refractivity contribution in [2.45, 2.75) is 0 Å². The molecule has 1 saturated heterocycles. The molecule has 0 aliphatic carbocycles. The minimum Gasteiger partial charge on any atom is -0.423 e. The molecule has 1 fully saturated rings. The lowest BCUT2D eigenvalue weighted by molar-refractivity contribution is 0.511. The minimum absolute atomic E-state index is 0.688. The van der Waals surface area contributed by atoms with Gasteiger partial charge in [0.2, 0.25) is 0 Å². The molecule has 0 unspecified atom stereocenters. The van der Waals surface area contributed by atoms with Crippen molar-refractivity contribution in [1.82, 2.24) is 9.97 Å². The standard InChI is InChI=1S/C18H16N4O2/c1-3-7-15-13(5-1)19-17(23-15)21-9-11-22(12-10-21)18-20-14-6-2-4-8-16(14)24-18/h1-8H,9-12H2. The zero-order valence-corrected chi connectivity index (χ0v) is 13.1. The van der Waals surface area contributed by atoms with Crippen LogP contribution in [0, 0.1) is 0 Å². The molecule has 1 aliphatic rings. The van der Waals surface area contributed by atoms with E-state index < -0.39 is 0 Å². The quantitative estimate of drug-likeness (QED) is 0.565. The largest absolute Gasteiger partial charge is 0.423 e. The average Bonchev–Trinajstić information content (AvgIpc) is 3.25. The van der Waals surface area contributed by atoms with Gasteiger partial charge in [0.15, 0.2) is 11.2 Å². The maximum atomic E-state index is 5.85. The van der Waals surface area contributed by atoms with Gasteiger partial charge in [-0.2, -0.15) is 9.97 Å². The fourth-order valence-corrected chi connectivity index (χ4v) is 3.08. The fraction of sp³-hybridized carbons (Fsp3) is 0.222. The Bertz CT molecular complexity index is 850. The van der Waals surface area contributed by atoms with Gasteiger partial charge >= 0.3 is 0 Å². The monoisotopic (exact) mass is 320 g/mol. The van der Waals surface area contributed by atoms with Gasteiger partial charge in [-0.05, 0) is 24.3 Å². The predicted octanol–water partition coefficient (Wildman–Crippen LogP) is 3.30. The van der Waals surface area contributed by atoms with Crippen LogP contribution < -0.4 is 9.80 Å². The van der Waals surface area contributed by atoms with Crippen LogP contribution in [0.3, 0.4) is 0 Å². The summed E-state index contributed by atoms with van der Waals surface area (Å²) in [5.74, 6) is 0. The molecule has 2 aromatic carbocycles. The maximum Gasteiger partial charge on any atom is 0.298 e. The molecule has 0 atom stereocenters. The molecule has 5 rings (SSSR count). The Hall–Kier alpha value is -3.02. The SMILES string of the molecule is c1ccc2oc(N3CCN(c4nc5ccccc5o4)CC3)nc2c1. The highest BCUT2D eigenvalue weighted by Gasteiger charge is 2.23. The van der Waals surface area contributed by atoms with Crippen molar-refractivity contribution < 1.29 is 8.83 Å². The summed E-state index contributed by atoms with van der Waals surface area (Å²) >= 11 is 0. The molecular formula is C18H16N4O2. The van der Waals surface area contributed by atoms with Gasteiger partial charge in [-0.25, -0.2) is 0 Å². The van der Waals surface area contributed by atoms with Crippen molar-refractivity contribution >= 4 is 34.2 Å². The maximum absolute atomic E-state index is 5.85. The van der Waals surface area contributed by atoms with Crippen LogP contribution in [0.5, 0.6) is 0 Å². The van der Waals surface area contributed by atoms with Gasteiger partial charge in [0.1, 0.15) is 11.0 Å². The van der Waals surface area contributed by atoms with Crippen molar-refractivity contribution in [2.75, 3.05) is 36.0 Å². The summed E-state index contributed by atoms with van der Waals surface area (Å²) in [7, 11) is 0. The van der Waals surface area contributed by atoms with E-state index in [9.17, 15) is 0 Å². The van der Waals surface area contributed by atoms with E-state index in [1.54, 1.807) is 0 Å². The van der Waals surface area contributed by atoms with E-state index in [-0.39, 0.29) is 0 Å². The van der Waals surface area contributed by atoms with Crippen molar-refractivity contribution in [3.05, 3.63) is 48.5 Å². The molecule has 0 N–H and O–H groups in total. The Balaban J connectivity index is 1.34. The molecule has 0 saturated carbocycles. The second-order valence-electron chi connectivity index (χ2n) is 5.90. The van der Waals surface area contributed by atoms with E-state index in [2.05, 4.69) is 19.8 Å². The second kappa shape index (κ2) is 5.26. The summed E-state index contributed by atoms with van der Waals surface area (Å²) in [6.45, 7) is 3.30. The molecule has 6 nitrogen and oxygen atoms in total. The lowest BCUT2D eigenvalue weighted by Crippen LogP contribution is -2.46. The molecular weight excluding hydrogens is 304 g/mol. The Morgan fingerprint density at radius 2 is 1.04 bits per heavy atom. The highest BCUT2D eigenvalue weighted by Crippen LogP contribution is 2.25. The minimum atomic E-state index is 0.688. The smallest absolute Gasteiger partial charge is 0.298 e. The first-order valence-electron chi connectivity index (χ1n) is 8.08. The van der Waals surface area contributed by atoms with Crippen molar-refractivity contribution in [1.29, 1.82) is 0 Å². The number of aromatic nitrogens is 2. The molecule has 0 bridgehead atoms. The first-order chi connectivity index (χ1) is 11.9. The predicted molar refractivity (Wildman–Crippen MR) is 92.4 cm³/mol. The van der Waals surface area contributed by atoms with E-state index in [0.717, 1.165) is 48.4 Å². The van der Waals surface area contributed by atoms with Gasteiger partial charge < -0.3 is 18.6 Å². The van der Waals surface area contributed by atoms with Gasteiger partial charge in [-0.1, -0.05) is 24.3 Å². The molecule has 24 heavy (non-hydrogen) atoms. The van der Waals surface area contributed by atoms with E-state index in [1.807, 2.05) is 48.5 Å². The van der Waals surface area contributed by atoms with E-state index in [4.69, 9.17) is 8.83 Å². The molecule has 0 amide bonds. The lowest BCUT2D eigenvalue weighted by atomic mass is 10.3. The van der Waals surface area contributed by atoms with Crippen molar-refractivity contribution in [3.8, 4) is 0 Å². The molecule has 4 aromatic rings. The highest BCUT2D eigenvalue weighted by atomic mass is 16.4. The normalized spacial score (nSPS) is 15.5. The van der Waals surface area contributed by atoms with Crippen molar-refractivity contribution in [2.24, 2.45) is 0 Å². The van der Waals surface area contributed by atoms with Crippen LogP contribution in [-0.4, -0.2) is 36.1 Å². The Morgan fingerprint density at radius 3 is 1.46 bits per heavy atom. The second-order valence-corrected chi connectivity index (χ2v) is 5.90. The summed E-state index contributed by atoms with van der Waals surface area (Å²) in [5.41, 5.74) is 3.45. The number of nitrogens with zero attached hydrogens (tertiary/aromatic N) is 4. The number of benzene rings is 2. The van der Waals surface area contributed by atoms with Crippen LogP contribution in [0.2, 0.25) is 0 Å². The molecule has 3 heterocycles. The van der Waals surface area contributed by atoms with Crippen LogP contribution in [-0.2, 0) is 0 Å². The Morgan fingerprint density at radius 1 is 0.625 bits per heavy atom. The van der Waals surface area contributed by atoms with Crippen LogP contribution in [0.25, 0.3) is 22.2 Å². The van der Waals surface area contributed by atoms with Gasteiger partial charge in [0, 0.05) is 26.2 Å². The number of hydrogen-bond donors (Lipinski definition) is 0. The highest BCUT2D eigenvalue weighted by molar-refractivity contribution is 5.75. The number of para-hydroxylation sites is 4. The summed E-state index contributed by atoms with van der Waals surface area (Å²) in [5, 5.41) is 0. The lowest BCUT2D eigenvalue weighted by Gasteiger charge is -2.32. The summed E-state index contributed by atoms with van der Waals surface area (Å²) in [4.78, 5) is 13.5. The molecule has 0 spiro atoms. The fourth-order valence-electron chi connectivity index (χ4n) is 3.08. The van der Waals surface area contributed by atoms with Gasteiger partial charge in [0.25, 0.3) is 12.0 Å². The average molecular weight is 320 g/mol. The molecule has 6 heteroatoms. The Kier molecular flexibility index (Phi) is 2.94. The molecule has 1 aliphatic heterocycles. The van der Waals surface area contributed by atoms with E-state index in [0.29, 0.717) is 12.0 Å². The van der Waals surface area contributed by atoms with Gasteiger partial charge in [-0.3, -0.25) is 0 Å². The molecule has 2 aromatic heterocycles. The summed E-state index contributed by atoms with van der Waals surface area (Å²) < 4.78 is 11.7. The van der Waals surface area contributed by atoms with E-state index >= 15 is 0 Å². The number of piperazine rings is 1. The number of anilines is 2. The van der Waals surface area contributed by atoms with Crippen molar-refractivity contribution in [3.63, 3.8) is 0 Å². The number of oxazole rings is 2. The first-order valence-corrected chi connectivity index (χ1v) is 8.08. The third-order valence-corrected chi connectivity index (χ3v) is 4.39. The van der Waals surface area contributed by atoms with Crippen LogP contribution in [0.15, 0.2) is 57.4 Å². The van der Waals surface area contributed by atoms with Crippen LogP contribution in [0.4, 0.5) is 12.0 Å². The van der Waals surface area contributed by atoms with Crippen LogP contribution >= 0.6 is 0 Å². The number of fused-ring (bicyclic) bond motifs is 2. The van der Waals surface area contributed by atoms with E-state index in [1.165, 1.54) is 0 Å². The van der Waals surface area contributed by atoms with Gasteiger partial charge in [0.05, 0.1) is 0 Å². The third kappa shape index (κ3) is 2.19. The number of hydrogen-bond acceptors (Lipinski definition) is 6.